The van der Waals surface area contributed by atoms with Gasteiger partial charge in [-0.3, -0.25) is 0 Å². The smallest absolute Gasteiger partial charge is 0.0623 e. The average Bonchev–Trinajstić information content (AvgIpc) is 2.75. The molecule has 4 aromatic rings. The lowest BCUT2D eigenvalue weighted by atomic mass is 10.4. The zero-order valence-corrected chi connectivity index (χ0v) is 16.6. The Morgan fingerprint density at radius 3 is 0.231 bits per heavy atom. The lowest BCUT2D eigenvalue weighted by Gasteiger charge is -1.69. The number of halogens is 1. The minimum Gasteiger partial charge on any atom is -0.107 e. The molecule has 0 aromatic heterocycles. The van der Waals surface area contributed by atoms with Crippen molar-refractivity contribution in [2.75, 3.05) is 0 Å². The third-order valence-electron chi connectivity index (χ3n) is 2.67. The molecule has 0 atom stereocenters. The Bertz CT molecular complexity index is 420. The molecule has 0 bridgehead atoms. The van der Waals surface area contributed by atoms with Gasteiger partial charge >= 0.3 is 0 Å². The summed E-state index contributed by atoms with van der Waals surface area (Å²) in [7, 11) is 0. The normalized spacial score (nSPS) is 7.38. The van der Waals surface area contributed by atoms with Crippen molar-refractivity contribution in [2.24, 2.45) is 0 Å². The molecular weight excluding hydrogens is 427 g/mol. The van der Waals surface area contributed by atoms with Gasteiger partial charge in [0.05, 0.1) is 0 Å². The van der Waals surface area contributed by atoms with Crippen LogP contribution in [0.2, 0.25) is 0 Å². The molecule has 136 valence electrons. The quantitative estimate of drug-likeness (QED) is 0.235. The highest BCUT2D eigenvalue weighted by Gasteiger charge is 1.59. The predicted octanol–water partition coefficient (Wildman–Crippen LogP) is 8.00. The first kappa shape index (κ1) is 25.8. The molecule has 0 saturated carbocycles. The van der Waals surface area contributed by atoms with Crippen LogP contribution in [0.15, 0.2) is 146 Å². The summed E-state index contributed by atoms with van der Waals surface area (Å²) < 4.78 is 0. The fourth-order valence-corrected chi connectivity index (χ4v) is 1.54. The molecular formula is C25H29I. The van der Waals surface area contributed by atoms with E-state index in [2.05, 4.69) is 0 Å². The summed E-state index contributed by atoms with van der Waals surface area (Å²) in [6.07, 6.45) is 0. The van der Waals surface area contributed by atoms with E-state index >= 15 is 0 Å². The Labute approximate surface area is 176 Å². The van der Waals surface area contributed by atoms with Gasteiger partial charge in [0.2, 0.25) is 0 Å². The van der Waals surface area contributed by atoms with Gasteiger partial charge in [-0.2, -0.15) is 0 Å². The molecule has 0 unspecified atom stereocenters. The standard InChI is InChI=1S/4C6H6.CH4.HI/c4*1-2-4-6-5-3-1;;/h4*1-6H;1H4;1H. The molecule has 0 aliphatic heterocycles. The van der Waals surface area contributed by atoms with Crippen LogP contribution in [-0.4, -0.2) is 0 Å². The summed E-state index contributed by atoms with van der Waals surface area (Å²) in [5.74, 6) is 0. The average molecular weight is 456 g/mol. The van der Waals surface area contributed by atoms with E-state index < -0.39 is 0 Å². The van der Waals surface area contributed by atoms with E-state index in [4.69, 9.17) is 0 Å². The van der Waals surface area contributed by atoms with E-state index in [1.165, 1.54) is 0 Å². The minimum absolute atomic E-state index is 0. The third-order valence-corrected chi connectivity index (χ3v) is 2.67. The summed E-state index contributed by atoms with van der Waals surface area (Å²) >= 11 is 0. The van der Waals surface area contributed by atoms with Gasteiger partial charge in [0, 0.05) is 0 Å². The number of hydrogen-bond donors (Lipinski definition) is 0. The van der Waals surface area contributed by atoms with Crippen LogP contribution in [0.25, 0.3) is 0 Å². The van der Waals surface area contributed by atoms with E-state index in [0.29, 0.717) is 0 Å². The van der Waals surface area contributed by atoms with E-state index in [0.717, 1.165) is 0 Å². The Hall–Kier alpha value is -2.39. The molecule has 0 nitrogen and oxygen atoms in total. The molecule has 0 aliphatic rings. The number of benzene rings is 4. The first-order chi connectivity index (χ1) is 12.0. The summed E-state index contributed by atoms with van der Waals surface area (Å²) in [6, 6.07) is 48.0. The highest BCUT2D eigenvalue weighted by Crippen LogP contribution is 1.81. The molecule has 4 aromatic carbocycles. The van der Waals surface area contributed by atoms with Crippen molar-refractivity contribution in [3.8, 4) is 0 Å². The maximum atomic E-state index is 2.00. The summed E-state index contributed by atoms with van der Waals surface area (Å²) in [5.41, 5.74) is 0. The van der Waals surface area contributed by atoms with Gasteiger partial charge in [-0.05, 0) is 0 Å². The Morgan fingerprint density at radius 2 is 0.192 bits per heavy atom. The lowest BCUT2D eigenvalue weighted by molar-refractivity contribution is 1.72. The zero-order valence-electron chi connectivity index (χ0n) is 14.3. The highest BCUT2D eigenvalue weighted by atomic mass is 127. The van der Waals surface area contributed by atoms with Gasteiger partial charge in [-0.25, -0.2) is 0 Å². The summed E-state index contributed by atoms with van der Waals surface area (Å²) in [6.45, 7) is 0. The van der Waals surface area contributed by atoms with Crippen LogP contribution < -0.4 is 0 Å². The van der Waals surface area contributed by atoms with Crippen molar-refractivity contribution in [3.05, 3.63) is 146 Å². The molecule has 1 heteroatoms. The molecule has 26 heavy (non-hydrogen) atoms. The van der Waals surface area contributed by atoms with E-state index in [1.807, 2.05) is 146 Å². The maximum Gasteiger partial charge on any atom is -0.0623 e. The van der Waals surface area contributed by atoms with E-state index in [-0.39, 0.29) is 31.4 Å². The maximum absolute atomic E-state index is 2.00. The molecule has 0 N–H and O–H groups in total. The van der Waals surface area contributed by atoms with Crippen molar-refractivity contribution in [3.63, 3.8) is 0 Å². The second-order valence-electron chi connectivity index (χ2n) is 4.62. The van der Waals surface area contributed by atoms with Crippen LogP contribution in [0, 0.1) is 0 Å². The molecule has 0 saturated heterocycles. The largest absolute Gasteiger partial charge is 0.107 e. The summed E-state index contributed by atoms with van der Waals surface area (Å²) in [4.78, 5) is 0. The molecule has 0 spiro atoms. The Morgan fingerprint density at radius 1 is 0.154 bits per heavy atom. The van der Waals surface area contributed by atoms with E-state index in [9.17, 15) is 0 Å². The lowest BCUT2D eigenvalue weighted by Crippen LogP contribution is -1.47. The predicted molar refractivity (Wildman–Crippen MR) is 128 cm³/mol. The van der Waals surface area contributed by atoms with Crippen LogP contribution in [0.3, 0.4) is 0 Å². The SMILES string of the molecule is C.I.c1ccccc1.c1ccccc1.c1ccccc1.c1ccccc1. The topological polar surface area (TPSA) is 0 Å². The zero-order chi connectivity index (χ0) is 17.0. The van der Waals surface area contributed by atoms with Crippen LogP contribution in [0.4, 0.5) is 0 Å². The number of hydrogen-bond acceptors (Lipinski definition) is 0. The molecule has 0 radical (unpaired) electrons. The molecule has 0 amide bonds. The van der Waals surface area contributed by atoms with Crippen molar-refractivity contribution >= 4 is 24.0 Å². The van der Waals surface area contributed by atoms with Crippen LogP contribution in [0.1, 0.15) is 7.43 Å². The second-order valence-corrected chi connectivity index (χ2v) is 4.62. The minimum atomic E-state index is 0. The van der Waals surface area contributed by atoms with Gasteiger partial charge < -0.3 is 0 Å². The van der Waals surface area contributed by atoms with Gasteiger partial charge in [-0.1, -0.05) is 153 Å². The van der Waals surface area contributed by atoms with Crippen molar-refractivity contribution in [1.29, 1.82) is 0 Å². The van der Waals surface area contributed by atoms with Crippen molar-refractivity contribution < 1.29 is 0 Å². The Balaban J connectivity index is 0. The van der Waals surface area contributed by atoms with Gasteiger partial charge in [-0.15, -0.1) is 24.0 Å². The fraction of sp³-hybridized carbons (Fsp3) is 0.0400. The molecule has 0 fully saturated rings. The van der Waals surface area contributed by atoms with E-state index in [1.54, 1.807) is 0 Å². The van der Waals surface area contributed by atoms with Crippen molar-refractivity contribution in [1.82, 2.24) is 0 Å². The van der Waals surface area contributed by atoms with Crippen LogP contribution in [0.5, 0.6) is 0 Å². The highest BCUT2D eigenvalue weighted by molar-refractivity contribution is 14.0. The monoisotopic (exact) mass is 456 g/mol. The molecule has 0 aliphatic carbocycles. The number of rotatable bonds is 0. The molecule has 4 rings (SSSR count). The molecule has 0 heterocycles. The van der Waals surface area contributed by atoms with Gasteiger partial charge in [0.25, 0.3) is 0 Å². The van der Waals surface area contributed by atoms with Crippen LogP contribution in [-0.2, 0) is 0 Å². The first-order valence-corrected chi connectivity index (χ1v) is 8.00. The fourth-order valence-electron chi connectivity index (χ4n) is 1.54. The van der Waals surface area contributed by atoms with Gasteiger partial charge in [0.1, 0.15) is 0 Å². The third kappa shape index (κ3) is 19.7. The van der Waals surface area contributed by atoms with Crippen molar-refractivity contribution in [2.45, 2.75) is 7.43 Å². The first-order valence-electron chi connectivity index (χ1n) is 8.00. The van der Waals surface area contributed by atoms with Crippen LogP contribution >= 0.6 is 24.0 Å². The van der Waals surface area contributed by atoms with Gasteiger partial charge in [0.15, 0.2) is 0 Å². The second kappa shape index (κ2) is 22.6. The summed E-state index contributed by atoms with van der Waals surface area (Å²) in [5, 5.41) is 0. The Kier molecular flexibility index (Phi) is 22.5.